The molecule has 0 bridgehead atoms. The van der Waals surface area contributed by atoms with Crippen molar-refractivity contribution in [2.45, 2.75) is 12.8 Å². The molecule has 0 aliphatic heterocycles. The predicted octanol–water partition coefficient (Wildman–Crippen LogP) is 7.44. The largest absolute Gasteiger partial charge is 0.206 e. The molecule has 3 heteroatoms. The lowest BCUT2D eigenvalue weighted by molar-refractivity contribution is 0.629. The summed E-state index contributed by atoms with van der Waals surface area (Å²) in [6.07, 6.45) is 3.42. The maximum absolute atomic E-state index is 14.6. The molecule has 0 fully saturated rings. The summed E-state index contributed by atoms with van der Waals surface area (Å²) < 4.78 is 28.9. The molecule has 0 aliphatic carbocycles. The van der Waals surface area contributed by atoms with E-state index in [-0.39, 0.29) is 11.4 Å². The number of nitrogens with zero attached hydrogens (tertiary/aromatic N) is 1. The van der Waals surface area contributed by atoms with Gasteiger partial charge in [-0.05, 0) is 58.7 Å². The number of nitriles is 1. The lowest BCUT2D eigenvalue weighted by atomic mass is 9.96. The molecule has 0 radical (unpaired) electrons. The molecule has 1 nitrogen and oxygen atoms in total. The van der Waals surface area contributed by atoms with E-state index in [9.17, 15) is 8.78 Å². The third-order valence-corrected chi connectivity index (χ3v) is 5.27. The van der Waals surface area contributed by atoms with Gasteiger partial charge in [0.1, 0.15) is 17.7 Å². The van der Waals surface area contributed by atoms with Gasteiger partial charge in [-0.25, -0.2) is 8.78 Å². The Labute approximate surface area is 174 Å². The molecule has 0 amide bonds. The Morgan fingerprint density at radius 2 is 1.57 bits per heavy atom. The standard InChI is InChI=1S/C27H19F2N/c1-2-3-4-18-5-13-24(26(28)15-18)20-8-6-19(7-9-20)21-12-14-25-22(16-21)10-11-23(17-30)27(25)29/h2,5-16H,1,3-4H2. The van der Waals surface area contributed by atoms with Crippen LogP contribution in [0, 0.1) is 23.0 Å². The van der Waals surface area contributed by atoms with Crippen LogP contribution in [0.2, 0.25) is 0 Å². The number of aryl methyl sites for hydroxylation is 1. The van der Waals surface area contributed by atoms with Crippen molar-refractivity contribution < 1.29 is 8.78 Å². The summed E-state index contributed by atoms with van der Waals surface area (Å²) in [5.41, 5.74) is 4.24. The molecule has 0 spiro atoms. The summed E-state index contributed by atoms with van der Waals surface area (Å²) in [7, 11) is 0. The highest BCUT2D eigenvalue weighted by Gasteiger charge is 2.10. The number of hydrogen-bond donors (Lipinski definition) is 0. The fraction of sp³-hybridized carbons (Fsp3) is 0.0741. The summed E-state index contributed by atoms with van der Waals surface area (Å²) in [5.74, 6) is -0.734. The quantitative estimate of drug-likeness (QED) is 0.322. The summed E-state index contributed by atoms with van der Waals surface area (Å²) >= 11 is 0. The van der Waals surface area contributed by atoms with Crippen LogP contribution in [0.5, 0.6) is 0 Å². The molecule has 4 aromatic carbocycles. The van der Waals surface area contributed by atoms with E-state index in [1.807, 2.05) is 60.7 Å². The number of halogens is 2. The van der Waals surface area contributed by atoms with Crippen LogP contribution in [0.25, 0.3) is 33.0 Å². The van der Waals surface area contributed by atoms with Gasteiger partial charge in [0.15, 0.2) is 0 Å². The van der Waals surface area contributed by atoms with Gasteiger partial charge in [-0.15, -0.1) is 6.58 Å². The van der Waals surface area contributed by atoms with Gasteiger partial charge in [-0.1, -0.05) is 60.7 Å². The maximum atomic E-state index is 14.6. The van der Waals surface area contributed by atoms with Crippen molar-refractivity contribution in [1.29, 1.82) is 5.26 Å². The molecule has 146 valence electrons. The molecular weight excluding hydrogens is 376 g/mol. The zero-order valence-electron chi connectivity index (χ0n) is 16.3. The van der Waals surface area contributed by atoms with Crippen molar-refractivity contribution in [1.82, 2.24) is 0 Å². The summed E-state index contributed by atoms with van der Waals surface area (Å²) in [5, 5.41) is 10.1. The minimum absolute atomic E-state index is 0.0390. The minimum Gasteiger partial charge on any atom is -0.206 e. The van der Waals surface area contributed by atoms with Gasteiger partial charge in [0, 0.05) is 10.9 Å². The fourth-order valence-electron chi connectivity index (χ4n) is 3.62. The highest BCUT2D eigenvalue weighted by molar-refractivity contribution is 5.89. The Hall–Kier alpha value is -3.77. The molecule has 0 unspecified atom stereocenters. The lowest BCUT2D eigenvalue weighted by Gasteiger charge is -2.09. The van der Waals surface area contributed by atoms with Crippen molar-refractivity contribution in [3.05, 3.63) is 108 Å². The van der Waals surface area contributed by atoms with E-state index < -0.39 is 5.82 Å². The Morgan fingerprint density at radius 3 is 2.27 bits per heavy atom. The van der Waals surface area contributed by atoms with Crippen molar-refractivity contribution in [2.75, 3.05) is 0 Å². The van der Waals surface area contributed by atoms with Gasteiger partial charge in [0.2, 0.25) is 0 Å². The first-order valence-corrected chi connectivity index (χ1v) is 9.73. The molecule has 0 saturated heterocycles. The molecule has 4 rings (SSSR count). The van der Waals surface area contributed by atoms with Crippen LogP contribution >= 0.6 is 0 Å². The number of allylic oxidation sites excluding steroid dienone is 1. The first kappa shape index (κ1) is 19.5. The van der Waals surface area contributed by atoms with Gasteiger partial charge < -0.3 is 0 Å². The second-order valence-electron chi connectivity index (χ2n) is 7.19. The van der Waals surface area contributed by atoms with Crippen LogP contribution in [0.1, 0.15) is 17.5 Å². The number of hydrogen-bond acceptors (Lipinski definition) is 1. The van der Waals surface area contributed by atoms with E-state index in [1.165, 1.54) is 6.07 Å². The Morgan fingerprint density at radius 1 is 0.833 bits per heavy atom. The first-order valence-electron chi connectivity index (χ1n) is 9.73. The second kappa shape index (κ2) is 8.31. The van der Waals surface area contributed by atoms with Gasteiger partial charge in [0.05, 0.1) is 5.56 Å². The average Bonchev–Trinajstić information content (AvgIpc) is 2.78. The molecule has 0 aromatic heterocycles. The van der Waals surface area contributed by atoms with E-state index in [0.29, 0.717) is 10.9 Å². The van der Waals surface area contributed by atoms with E-state index in [0.717, 1.165) is 40.5 Å². The van der Waals surface area contributed by atoms with E-state index in [1.54, 1.807) is 18.2 Å². The first-order chi connectivity index (χ1) is 14.6. The van der Waals surface area contributed by atoms with Crippen molar-refractivity contribution >= 4 is 10.8 Å². The highest BCUT2D eigenvalue weighted by Crippen LogP contribution is 2.30. The maximum Gasteiger partial charge on any atom is 0.148 e. The van der Waals surface area contributed by atoms with Crippen molar-refractivity contribution in [3.63, 3.8) is 0 Å². The molecule has 0 aliphatic rings. The van der Waals surface area contributed by atoms with Crippen LogP contribution < -0.4 is 0 Å². The van der Waals surface area contributed by atoms with Gasteiger partial charge in [-0.2, -0.15) is 5.26 Å². The monoisotopic (exact) mass is 395 g/mol. The van der Waals surface area contributed by atoms with Gasteiger partial charge in [-0.3, -0.25) is 0 Å². The van der Waals surface area contributed by atoms with Gasteiger partial charge in [0.25, 0.3) is 0 Å². The molecule has 4 aromatic rings. The second-order valence-corrected chi connectivity index (χ2v) is 7.19. The van der Waals surface area contributed by atoms with Gasteiger partial charge >= 0.3 is 0 Å². The third kappa shape index (κ3) is 3.73. The molecular formula is C27H19F2N. The molecule has 0 N–H and O–H groups in total. The Kier molecular flexibility index (Phi) is 5.41. The van der Waals surface area contributed by atoms with Crippen LogP contribution in [-0.4, -0.2) is 0 Å². The minimum atomic E-state index is -0.496. The normalized spacial score (nSPS) is 10.7. The van der Waals surface area contributed by atoms with E-state index in [4.69, 9.17) is 5.26 Å². The predicted molar refractivity (Wildman–Crippen MR) is 118 cm³/mol. The van der Waals surface area contributed by atoms with E-state index >= 15 is 0 Å². The zero-order chi connectivity index (χ0) is 21.1. The molecule has 30 heavy (non-hydrogen) atoms. The summed E-state index contributed by atoms with van der Waals surface area (Å²) in [6.45, 7) is 3.70. The SMILES string of the molecule is C=CCCc1ccc(-c2ccc(-c3ccc4c(F)c(C#N)ccc4c3)cc2)c(F)c1. The summed E-state index contributed by atoms with van der Waals surface area (Å²) in [4.78, 5) is 0. The van der Waals surface area contributed by atoms with E-state index in [2.05, 4.69) is 6.58 Å². The highest BCUT2D eigenvalue weighted by atomic mass is 19.1. The third-order valence-electron chi connectivity index (χ3n) is 5.27. The smallest absolute Gasteiger partial charge is 0.148 e. The van der Waals surface area contributed by atoms with Crippen molar-refractivity contribution in [2.24, 2.45) is 0 Å². The number of fused-ring (bicyclic) bond motifs is 1. The topological polar surface area (TPSA) is 23.8 Å². The lowest BCUT2D eigenvalue weighted by Crippen LogP contribution is -1.90. The van der Waals surface area contributed by atoms with Crippen LogP contribution in [0.15, 0.2) is 85.5 Å². The fourth-order valence-corrected chi connectivity index (χ4v) is 3.62. The molecule has 0 atom stereocenters. The summed E-state index contributed by atoms with van der Waals surface area (Å²) in [6, 6.07) is 23.5. The Bertz CT molecular complexity index is 1280. The molecule has 0 heterocycles. The van der Waals surface area contributed by atoms with Crippen LogP contribution in [0.3, 0.4) is 0 Å². The Balaban J connectivity index is 1.64. The zero-order valence-corrected chi connectivity index (χ0v) is 16.3. The van der Waals surface area contributed by atoms with Crippen LogP contribution in [-0.2, 0) is 6.42 Å². The van der Waals surface area contributed by atoms with Crippen LogP contribution in [0.4, 0.5) is 8.78 Å². The molecule has 0 saturated carbocycles. The number of rotatable bonds is 5. The number of benzene rings is 4. The average molecular weight is 395 g/mol. The van der Waals surface area contributed by atoms with Crippen molar-refractivity contribution in [3.8, 4) is 28.3 Å².